The predicted molar refractivity (Wildman–Crippen MR) is 82.1 cm³/mol. The summed E-state index contributed by atoms with van der Waals surface area (Å²) in [6.45, 7) is 1.42. The minimum atomic E-state index is -0.220. The molecule has 21 heavy (non-hydrogen) atoms. The first-order chi connectivity index (χ1) is 10.2. The van der Waals surface area contributed by atoms with Crippen molar-refractivity contribution in [3.63, 3.8) is 0 Å². The van der Waals surface area contributed by atoms with Crippen molar-refractivity contribution in [3.8, 4) is 0 Å². The first kappa shape index (κ1) is 14.8. The number of hydrogen-bond acceptors (Lipinski definition) is 3. The lowest BCUT2D eigenvalue weighted by molar-refractivity contribution is -0.605. The molecule has 1 aromatic carbocycles. The number of carbonyl (C=O) groups excluding carboxylic acids is 1. The Morgan fingerprint density at radius 2 is 2.00 bits per heavy atom. The second kappa shape index (κ2) is 7.28. The SMILES string of the molecule is CN(CCCNC(=O)c1ccc[n+]([O-])c1)c1ccccc1. The minimum absolute atomic E-state index is 0.220. The fraction of sp³-hybridized carbons (Fsp3) is 0.250. The standard InChI is InChI=1S/C16H19N3O2/c1-18(15-8-3-2-4-9-15)11-6-10-17-16(20)14-7-5-12-19(21)13-14/h2-5,7-9,12-13H,6,10-11H2,1H3,(H,17,20). The van der Waals surface area contributed by atoms with Gasteiger partial charge in [-0.05, 0) is 24.6 Å². The van der Waals surface area contributed by atoms with Crippen molar-refractivity contribution in [1.82, 2.24) is 5.32 Å². The molecule has 0 radical (unpaired) electrons. The Morgan fingerprint density at radius 1 is 1.24 bits per heavy atom. The van der Waals surface area contributed by atoms with E-state index in [1.807, 2.05) is 25.2 Å². The summed E-state index contributed by atoms with van der Waals surface area (Å²) < 4.78 is 0.623. The van der Waals surface area contributed by atoms with Gasteiger partial charge in [0.2, 0.25) is 0 Å². The van der Waals surface area contributed by atoms with Crippen LogP contribution in [-0.4, -0.2) is 26.0 Å². The van der Waals surface area contributed by atoms with Crippen LogP contribution in [0.4, 0.5) is 5.69 Å². The highest BCUT2D eigenvalue weighted by atomic mass is 16.5. The van der Waals surface area contributed by atoms with E-state index in [0.717, 1.165) is 18.7 Å². The zero-order valence-electron chi connectivity index (χ0n) is 12.0. The lowest BCUT2D eigenvalue weighted by Crippen LogP contribution is -2.31. The highest BCUT2D eigenvalue weighted by Crippen LogP contribution is 2.10. The van der Waals surface area contributed by atoms with Gasteiger partial charge in [0.05, 0.1) is 0 Å². The monoisotopic (exact) mass is 285 g/mol. The molecule has 0 atom stereocenters. The Bertz CT molecular complexity index is 587. The van der Waals surface area contributed by atoms with Gasteiger partial charge in [-0.1, -0.05) is 18.2 Å². The van der Waals surface area contributed by atoms with Gasteiger partial charge in [-0.15, -0.1) is 0 Å². The van der Waals surface area contributed by atoms with Crippen LogP contribution in [0.3, 0.4) is 0 Å². The molecule has 1 amide bonds. The molecule has 0 fully saturated rings. The molecule has 1 N–H and O–H groups in total. The molecule has 110 valence electrons. The van der Waals surface area contributed by atoms with E-state index in [4.69, 9.17) is 0 Å². The Hall–Kier alpha value is -2.56. The number of nitrogens with one attached hydrogen (secondary N) is 1. The van der Waals surface area contributed by atoms with Crippen molar-refractivity contribution in [2.24, 2.45) is 0 Å². The molecular formula is C16H19N3O2. The van der Waals surface area contributed by atoms with Crippen LogP contribution < -0.4 is 14.9 Å². The number of para-hydroxylation sites is 1. The summed E-state index contributed by atoms with van der Waals surface area (Å²) >= 11 is 0. The van der Waals surface area contributed by atoms with Crippen LogP contribution in [0.25, 0.3) is 0 Å². The first-order valence-corrected chi connectivity index (χ1v) is 6.90. The average molecular weight is 285 g/mol. The van der Waals surface area contributed by atoms with E-state index in [1.54, 1.807) is 12.1 Å². The topological polar surface area (TPSA) is 59.3 Å². The molecule has 0 aliphatic carbocycles. The van der Waals surface area contributed by atoms with E-state index in [-0.39, 0.29) is 5.91 Å². The number of rotatable bonds is 6. The van der Waals surface area contributed by atoms with Crippen LogP contribution in [0, 0.1) is 5.21 Å². The number of benzene rings is 1. The zero-order valence-corrected chi connectivity index (χ0v) is 12.0. The summed E-state index contributed by atoms with van der Waals surface area (Å²) in [5, 5.41) is 13.9. The second-order valence-electron chi connectivity index (χ2n) is 4.82. The third-order valence-corrected chi connectivity index (χ3v) is 3.19. The summed E-state index contributed by atoms with van der Waals surface area (Å²) in [4.78, 5) is 14.0. The van der Waals surface area contributed by atoms with Crippen molar-refractivity contribution in [2.75, 3.05) is 25.0 Å². The molecule has 1 aromatic heterocycles. The minimum Gasteiger partial charge on any atom is -0.619 e. The third-order valence-electron chi connectivity index (χ3n) is 3.19. The second-order valence-corrected chi connectivity index (χ2v) is 4.82. The van der Waals surface area contributed by atoms with Crippen LogP contribution in [0.1, 0.15) is 16.8 Å². The van der Waals surface area contributed by atoms with E-state index in [1.165, 1.54) is 12.4 Å². The lowest BCUT2D eigenvalue weighted by Gasteiger charge is -2.19. The van der Waals surface area contributed by atoms with E-state index in [2.05, 4.69) is 22.3 Å². The number of hydrogen-bond donors (Lipinski definition) is 1. The normalized spacial score (nSPS) is 10.1. The molecule has 0 aliphatic rings. The van der Waals surface area contributed by atoms with Crippen LogP contribution in [0.5, 0.6) is 0 Å². The average Bonchev–Trinajstić information content (AvgIpc) is 2.52. The summed E-state index contributed by atoms with van der Waals surface area (Å²) in [6.07, 6.45) is 3.46. The van der Waals surface area contributed by atoms with Gasteiger partial charge in [0.1, 0.15) is 5.56 Å². The Labute approximate surface area is 124 Å². The fourth-order valence-corrected chi connectivity index (χ4v) is 2.02. The number of amides is 1. The van der Waals surface area contributed by atoms with Crippen molar-refractivity contribution in [2.45, 2.75) is 6.42 Å². The number of nitrogens with zero attached hydrogens (tertiary/aromatic N) is 2. The Balaban J connectivity index is 1.74. The van der Waals surface area contributed by atoms with Crippen LogP contribution >= 0.6 is 0 Å². The van der Waals surface area contributed by atoms with Gasteiger partial charge in [-0.25, -0.2) is 0 Å². The summed E-state index contributed by atoms with van der Waals surface area (Å²) in [5.74, 6) is -0.220. The van der Waals surface area contributed by atoms with Gasteiger partial charge < -0.3 is 15.4 Å². The predicted octanol–water partition coefficient (Wildman–Crippen LogP) is 1.58. The van der Waals surface area contributed by atoms with Gasteiger partial charge >= 0.3 is 0 Å². The van der Waals surface area contributed by atoms with E-state index in [0.29, 0.717) is 16.8 Å². The molecule has 0 aliphatic heterocycles. The highest BCUT2D eigenvalue weighted by Gasteiger charge is 2.07. The Kier molecular flexibility index (Phi) is 5.15. The molecule has 2 aromatic rings. The summed E-state index contributed by atoms with van der Waals surface area (Å²) in [5.41, 5.74) is 1.53. The molecule has 0 saturated heterocycles. The molecule has 5 heteroatoms. The Morgan fingerprint density at radius 3 is 2.71 bits per heavy atom. The van der Waals surface area contributed by atoms with Crippen molar-refractivity contribution in [3.05, 3.63) is 65.6 Å². The van der Waals surface area contributed by atoms with E-state index in [9.17, 15) is 10.0 Å². The molecule has 1 heterocycles. The van der Waals surface area contributed by atoms with Crippen LogP contribution in [0.15, 0.2) is 54.9 Å². The van der Waals surface area contributed by atoms with Gasteiger partial charge in [0.15, 0.2) is 12.4 Å². The molecule has 2 rings (SSSR count). The summed E-state index contributed by atoms with van der Waals surface area (Å²) in [6, 6.07) is 13.3. The maximum Gasteiger partial charge on any atom is 0.257 e. The van der Waals surface area contributed by atoms with E-state index < -0.39 is 0 Å². The van der Waals surface area contributed by atoms with Crippen molar-refractivity contribution in [1.29, 1.82) is 0 Å². The van der Waals surface area contributed by atoms with E-state index >= 15 is 0 Å². The summed E-state index contributed by atoms with van der Waals surface area (Å²) in [7, 11) is 2.02. The molecule has 0 spiro atoms. The maximum absolute atomic E-state index is 11.8. The van der Waals surface area contributed by atoms with Gasteiger partial charge in [-0.3, -0.25) is 4.79 Å². The van der Waals surface area contributed by atoms with Crippen LogP contribution in [0.2, 0.25) is 0 Å². The number of pyridine rings is 1. The van der Waals surface area contributed by atoms with Gasteiger partial charge in [0, 0.05) is 31.9 Å². The van der Waals surface area contributed by atoms with Crippen LogP contribution in [-0.2, 0) is 0 Å². The molecular weight excluding hydrogens is 266 g/mol. The maximum atomic E-state index is 11.8. The van der Waals surface area contributed by atoms with Gasteiger partial charge in [-0.2, -0.15) is 4.73 Å². The molecule has 0 unspecified atom stereocenters. The molecule has 5 nitrogen and oxygen atoms in total. The number of carbonyl (C=O) groups is 1. The smallest absolute Gasteiger partial charge is 0.257 e. The fourth-order valence-electron chi connectivity index (χ4n) is 2.02. The van der Waals surface area contributed by atoms with Crippen molar-refractivity contribution >= 4 is 11.6 Å². The molecule has 0 saturated carbocycles. The van der Waals surface area contributed by atoms with Crippen molar-refractivity contribution < 1.29 is 9.52 Å². The highest BCUT2D eigenvalue weighted by molar-refractivity contribution is 5.93. The zero-order chi connectivity index (χ0) is 15.1. The first-order valence-electron chi connectivity index (χ1n) is 6.90. The number of aromatic nitrogens is 1. The number of anilines is 1. The third kappa shape index (κ3) is 4.49. The molecule has 0 bridgehead atoms. The lowest BCUT2D eigenvalue weighted by atomic mass is 10.2. The quantitative estimate of drug-likeness (QED) is 0.498. The largest absolute Gasteiger partial charge is 0.619 e. The van der Waals surface area contributed by atoms with Gasteiger partial charge in [0.25, 0.3) is 5.91 Å².